The zero-order valence-electron chi connectivity index (χ0n) is 22.5. The Morgan fingerprint density at radius 3 is 2.33 bits per heavy atom. The summed E-state index contributed by atoms with van der Waals surface area (Å²) in [4.78, 5) is 29.1. The molecular weight excluding hydrogens is 570 g/mol. The number of pyridine rings is 1. The molecule has 2 heterocycles. The van der Waals surface area contributed by atoms with E-state index in [0.717, 1.165) is 39.2 Å². The highest BCUT2D eigenvalue weighted by molar-refractivity contribution is 5.96. The Labute approximate surface area is 236 Å². The highest BCUT2D eigenvalue weighted by Crippen LogP contribution is 2.55. The molecule has 0 bridgehead atoms. The molecule has 7 nitrogen and oxygen atoms in total. The molecule has 1 aliphatic rings. The number of hydrogen-bond acceptors (Lipinski definition) is 6. The van der Waals surface area contributed by atoms with Crippen molar-refractivity contribution in [3.8, 4) is 5.75 Å². The van der Waals surface area contributed by atoms with Crippen LogP contribution in [-0.4, -0.2) is 41.9 Å². The SMILES string of the molecule is COC(=O)c1cc(NC(=O)[C@@H]2O[C@@](C)(C(F)(F)F)[C@@H](C)[C@H]2c2cccc(C(F)(F)F)c2OCc2ccccc2)ccn1. The van der Waals surface area contributed by atoms with Gasteiger partial charge in [-0.1, -0.05) is 49.4 Å². The number of nitrogens with zero attached hydrogens (tertiary/aromatic N) is 1. The number of ether oxygens (including phenoxy) is 3. The van der Waals surface area contributed by atoms with Crippen LogP contribution in [0.15, 0.2) is 66.9 Å². The first-order valence-electron chi connectivity index (χ1n) is 12.6. The van der Waals surface area contributed by atoms with E-state index in [1.54, 1.807) is 30.3 Å². The van der Waals surface area contributed by atoms with Gasteiger partial charge in [-0.3, -0.25) is 4.79 Å². The van der Waals surface area contributed by atoms with E-state index >= 15 is 0 Å². The number of alkyl halides is 6. The highest BCUT2D eigenvalue weighted by Gasteiger charge is 2.66. The van der Waals surface area contributed by atoms with Crippen molar-refractivity contribution in [2.45, 2.75) is 50.4 Å². The number of halogens is 6. The van der Waals surface area contributed by atoms with Crippen LogP contribution in [0.2, 0.25) is 0 Å². The summed E-state index contributed by atoms with van der Waals surface area (Å²) in [7, 11) is 1.11. The molecule has 1 N–H and O–H groups in total. The van der Waals surface area contributed by atoms with Crippen LogP contribution in [0.25, 0.3) is 0 Å². The summed E-state index contributed by atoms with van der Waals surface area (Å²) in [6.45, 7) is 1.59. The Balaban J connectivity index is 1.80. The zero-order chi connectivity index (χ0) is 30.9. The molecule has 13 heteroatoms. The molecule has 1 amide bonds. The first-order valence-corrected chi connectivity index (χ1v) is 12.6. The fraction of sp³-hybridized carbons (Fsp3) is 0.345. The molecule has 4 rings (SSSR count). The molecule has 2 aromatic carbocycles. The molecule has 0 saturated carbocycles. The van der Waals surface area contributed by atoms with Crippen LogP contribution in [-0.2, 0) is 27.1 Å². The van der Waals surface area contributed by atoms with Crippen LogP contribution < -0.4 is 10.1 Å². The van der Waals surface area contributed by atoms with Crippen molar-refractivity contribution in [1.29, 1.82) is 0 Å². The van der Waals surface area contributed by atoms with Crippen LogP contribution >= 0.6 is 0 Å². The van der Waals surface area contributed by atoms with E-state index in [9.17, 15) is 35.9 Å². The second-order valence-corrected chi connectivity index (χ2v) is 9.86. The summed E-state index contributed by atoms with van der Waals surface area (Å²) in [5.74, 6) is -5.65. The molecule has 1 aliphatic heterocycles. The monoisotopic (exact) mass is 596 g/mol. The number of rotatable bonds is 7. The summed E-state index contributed by atoms with van der Waals surface area (Å²) in [5.41, 5.74) is -4.08. The number of anilines is 1. The molecule has 0 unspecified atom stereocenters. The zero-order valence-corrected chi connectivity index (χ0v) is 22.5. The third-order valence-corrected chi connectivity index (χ3v) is 7.28. The van der Waals surface area contributed by atoms with Crippen molar-refractivity contribution in [3.05, 3.63) is 89.2 Å². The Morgan fingerprint density at radius 1 is 1.02 bits per heavy atom. The summed E-state index contributed by atoms with van der Waals surface area (Å²) >= 11 is 0. The topological polar surface area (TPSA) is 86.8 Å². The third kappa shape index (κ3) is 6.06. The molecule has 1 saturated heterocycles. The summed E-state index contributed by atoms with van der Waals surface area (Å²) < 4.78 is 101. The number of carbonyl (C=O) groups is 2. The summed E-state index contributed by atoms with van der Waals surface area (Å²) in [6.07, 6.45) is -10.6. The van der Waals surface area contributed by atoms with Crippen molar-refractivity contribution in [1.82, 2.24) is 4.98 Å². The number of amides is 1. The quantitative estimate of drug-likeness (QED) is 0.246. The van der Waals surface area contributed by atoms with Gasteiger partial charge in [-0.2, -0.15) is 26.3 Å². The van der Waals surface area contributed by atoms with E-state index in [2.05, 4.69) is 15.0 Å². The van der Waals surface area contributed by atoms with Gasteiger partial charge in [-0.25, -0.2) is 9.78 Å². The maximum atomic E-state index is 14.3. The lowest BCUT2D eigenvalue weighted by molar-refractivity contribution is -0.272. The second kappa shape index (κ2) is 11.6. The largest absolute Gasteiger partial charge is 0.488 e. The maximum absolute atomic E-state index is 14.3. The van der Waals surface area contributed by atoms with E-state index < -0.39 is 59.1 Å². The van der Waals surface area contributed by atoms with Crippen LogP contribution in [0, 0.1) is 5.92 Å². The lowest BCUT2D eigenvalue weighted by atomic mass is 9.76. The Hall–Kier alpha value is -4.13. The lowest BCUT2D eigenvalue weighted by Crippen LogP contribution is -2.47. The van der Waals surface area contributed by atoms with Gasteiger partial charge in [0.05, 0.1) is 12.7 Å². The van der Waals surface area contributed by atoms with E-state index in [1.165, 1.54) is 18.3 Å². The van der Waals surface area contributed by atoms with Crippen molar-refractivity contribution < 1.29 is 50.1 Å². The number of hydrogen-bond donors (Lipinski definition) is 1. The number of esters is 1. The number of para-hydroxylation sites is 1. The molecule has 1 aromatic heterocycles. The summed E-state index contributed by atoms with van der Waals surface area (Å²) in [5, 5.41) is 2.39. The summed E-state index contributed by atoms with van der Waals surface area (Å²) in [6, 6.07) is 13.7. The average Bonchev–Trinajstić information content (AvgIpc) is 3.23. The van der Waals surface area contributed by atoms with Gasteiger partial charge in [0.25, 0.3) is 5.91 Å². The van der Waals surface area contributed by atoms with Gasteiger partial charge in [-0.15, -0.1) is 0 Å². The number of carbonyl (C=O) groups excluding carboxylic acids is 2. The lowest BCUT2D eigenvalue weighted by Gasteiger charge is -2.32. The van der Waals surface area contributed by atoms with E-state index in [4.69, 9.17) is 9.47 Å². The van der Waals surface area contributed by atoms with Gasteiger partial charge < -0.3 is 19.5 Å². The minimum Gasteiger partial charge on any atom is -0.488 e. The molecule has 3 aromatic rings. The van der Waals surface area contributed by atoms with Crippen molar-refractivity contribution in [2.24, 2.45) is 5.92 Å². The number of methoxy groups -OCH3 is 1. The molecule has 4 atom stereocenters. The Morgan fingerprint density at radius 2 is 1.71 bits per heavy atom. The molecular formula is C29H26F6N2O5. The number of benzene rings is 2. The first kappa shape index (κ1) is 30.8. The van der Waals surface area contributed by atoms with Crippen molar-refractivity contribution >= 4 is 17.6 Å². The number of nitrogens with one attached hydrogen (secondary N) is 1. The fourth-order valence-electron chi connectivity index (χ4n) is 4.89. The fourth-order valence-corrected chi connectivity index (χ4v) is 4.89. The maximum Gasteiger partial charge on any atom is 0.419 e. The van der Waals surface area contributed by atoms with Gasteiger partial charge in [0, 0.05) is 29.3 Å². The predicted octanol–water partition coefficient (Wildman–Crippen LogP) is 6.54. The van der Waals surface area contributed by atoms with Gasteiger partial charge in [0.15, 0.2) is 5.60 Å². The van der Waals surface area contributed by atoms with E-state index in [1.807, 2.05) is 0 Å². The van der Waals surface area contributed by atoms with Crippen molar-refractivity contribution in [2.75, 3.05) is 12.4 Å². The highest BCUT2D eigenvalue weighted by atomic mass is 19.4. The predicted molar refractivity (Wildman–Crippen MR) is 138 cm³/mol. The standard InChI is InChI=1S/C29H26F6N2O5/c1-16-22(19-10-7-11-20(28(30,31)32)23(19)41-15-17-8-5-4-6-9-17)24(42-27(16,2)29(33,34)35)25(38)37-18-12-13-36-21(14-18)26(39)40-3/h4-14,16,22,24H,15H2,1-3H3,(H,36,37,38)/t16-,22-,24+,27+/m0/s1. The average molecular weight is 597 g/mol. The van der Waals surface area contributed by atoms with E-state index in [0.29, 0.717) is 5.56 Å². The molecule has 1 fully saturated rings. The van der Waals surface area contributed by atoms with Gasteiger partial charge in [0.1, 0.15) is 24.2 Å². The minimum absolute atomic E-state index is 0.0180. The smallest absolute Gasteiger partial charge is 0.419 e. The molecule has 42 heavy (non-hydrogen) atoms. The molecule has 0 aliphatic carbocycles. The molecule has 224 valence electrons. The minimum atomic E-state index is -4.99. The van der Waals surface area contributed by atoms with Crippen LogP contribution in [0.3, 0.4) is 0 Å². The molecule has 0 spiro atoms. The van der Waals surface area contributed by atoms with Crippen LogP contribution in [0.5, 0.6) is 5.75 Å². The van der Waals surface area contributed by atoms with Crippen molar-refractivity contribution in [3.63, 3.8) is 0 Å². The van der Waals surface area contributed by atoms with Gasteiger partial charge >= 0.3 is 18.3 Å². The van der Waals surface area contributed by atoms with E-state index in [-0.39, 0.29) is 23.6 Å². The third-order valence-electron chi connectivity index (χ3n) is 7.28. The molecule has 0 radical (unpaired) electrons. The Bertz CT molecular complexity index is 1450. The van der Waals surface area contributed by atoms with Gasteiger partial charge in [-0.05, 0) is 30.7 Å². The Kier molecular flexibility index (Phi) is 8.53. The first-order chi connectivity index (χ1) is 19.7. The van der Waals surface area contributed by atoms with Crippen LogP contribution in [0.1, 0.15) is 46.9 Å². The van der Waals surface area contributed by atoms with Crippen LogP contribution in [0.4, 0.5) is 32.0 Å². The van der Waals surface area contributed by atoms with Gasteiger partial charge in [0.2, 0.25) is 0 Å². The number of aromatic nitrogens is 1. The second-order valence-electron chi connectivity index (χ2n) is 9.86. The normalized spacial score (nSPS) is 22.5.